The van der Waals surface area contributed by atoms with Crippen molar-refractivity contribution >= 4 is 39.8 Å². The molecule has 2 aromatic carbocycles. The van der Waals surface area contributed by atoms with Gasteiger partial charge in [-0.2, -0.15) is 5.26 Å². The lowest BCUT2D eigenvalue weighted by atomic mass is 10.0. The number of fused-ring (bicyclic) bond motifs is 1. The van der Waals surface area contributed by atoms with Gasteiger partial charge in [-0.15, -0.1) is 11.3 Å². The SMILES string of the molecule is CC(C)OCC(C)(C)NC(=O)/C(C#N)=C/c1ccc(-c2ccc3cc(N4CCNCC4)ccc3c2)s1. The number of carbonyl (C=O) groups is 1. The molecule has 1 saturated heterocycles. The number of nitriles is 1. The molecule has 188 valence electrons. The van der Waals surface area contributed by atoms with Gasteiger partial charge in [0.2, 0.25) is 0 Å². The van der Waals surface area contributed by atoms with Gasteiger partial charge in [-0.05, 0) is 80.4 Å². The van der Waals surface area contributed by atoms with E-state index < -0.39 is 11.4 Å². The molecular formula is C29H34N4O2S. The van der Waals surface area contributed by atoms with Crippen LogP contribution < -0.4 is 15.5 Å². The maximum absolute atomic E-state index is 12.7. The van der Waals surface area contributed by atoms with Crippen molar-refractivity contribution in [2.24, 2.45) is 0 Å². The Morgan fingerprint density at radius 3 is 2.61 bits per heavy atom. The van der Waals surface area contributed by atoms with Crippen LogP contribution in [0.3, 0.4) is 0 Å². The number of benzene rings is 2. The average Bonchev–Trinajstić information content (AvgIpc) is 3.34. The Hall–Kier alpha value is -3.18. The van der Waals surface area contributed by atoms with E-state index in [0.29, 0.717) is 6.61 Å². The lowest BCUT2D eigenvalue weighted by molar-refractivity contribution is -0.119. The number of anilines is 1. The van der Waals surface area contributed by atoms with Crippen molar-refractivity contribution in [3.8, 4) is 16.5 Å². The summed E-state index contributed by atoms with van der Waals surface area (Å²) in [6.45, 7) is 12.1. The molecule has 4 rings (SSSR count). The molecule has 0 saturated carbocycles. The van der Waals surface area contributed by atoms with Crippen molar-refractivity contribution < 1.29 is 9.53 Å². The third-order valence-corrected chi connectivity index (χ3v) is 7.18. The number of carbonyl (C=O) groups excluding carboxylic acids is 1. The van der Waals surface area contributed by atoms with Crippen molar-refractivity contribution in [1.29, 1.82) is 5.26 Å². The van der Waals surface area contributed by atoms with E-state index in [1.54, 1.807) is 17.4 Å². The zero-order valence-electron chi connectivity index (χ0n) is 21.4. The Balaban J connectivity index is 1.49. The van der Waals surface area contributed by atoms with E-state index in [0.717, 1.165) is 41.5 Å². The molecule has 0 atom stereocenters. The topological polar surface area (TPSA) is 77.4 Å². The highest BCUT2D eigenvalue weighted by Gasteiger charge is 2.23. The number of hydrogen-bond acceptors (Lipinski definition) is 6. The zero-order valence-corrected chi connectivity index (χ0v) is 22.2. The number of rotatable bonds is 8. The third kappa shape index (κ3) is 6.52. The van der Waals surface area contributed by atoms with Crippen LogP contribution in [0.5, 0.6) is 0 Å². The number of amides is 1. The van der Waals surface area contributed by atoms with Crippen LogP contribution in [0.4, 0.5) is 5.69 Å². The third-order valence-electron chi connectivity index (χ3n) is 6.10. The summed E-state index contributed by atoms with van der Waals surface area (Å²) >= 11 is 1.57. The van der Waals surface area contributed by atoms with Gasteiger partial charge < -0.3 is 20.3 Å². The summed E-state index contributed by atoms with van der Waals surface area (Å²) in [5.41, 5.74) is 1.90. The van der Waals surface area contributed by atoms with Crippen LogP contribution in [0.15, 0.2) is 54.1 Å². The fourth-order valence-corrected chi connectivity index (χ4v) is 5.12. The van der Waals surface area contributed by atoms with Crippen molar-refractivity contribution in [2.75, 3.05) is 37.7 Å². The van der Waals surface area contributed by atoms with E-state index in [2.05, 4.69) is 58.0 Å². The molecule has 1 fully saturated rings. The van der Waals surface area contributed by atoms with Crippen LogP contribution in [0.1, 0.15) is 32.6 Å². The van der Waals surface area contributed by atoms with Crippen LogP contribution in [-0.4, -0.2) is 50.3 Å². The molecule has 36 heavy (non-hydrogen) atoms. The maximum atomic E-state index is 12.7. The maximum Gasteiger partial charge on any atom is 0.262 e. The minimum absolute atomic E-state index is 0.0704. The van der Waals surface area contributed by atoms with Crippen molar-refractivity contribution in [1.82, 2.24) is 10.6 Å². The molecule has 1 aliphatic heterocycles. The fourth-order valence-electron chi connectivity index (χ4n) is 4.17. The van der Waals surface area contributed by atoms with Crippen molar-refractivity contribution in [3.63, 3.8) is 0 Å². The van der Waals surface area contributed by atoms with Gasteiger partial charge in [0, 0.05) is 41.6 Å². The zero-order chi connectivity index (χ0) is 25.7. The first-order valence-electron chi connectivity index (χ1n) is 12.4. The number of hydrogen-bond donors (Lipinski definition) is 2. The Morgan fingerprint density at radius 1 is 1.17 bits per heavy atom. The first kappa shape index (κ1) is 25.9. The van der Waals surface area contributed by atoms with Gasteiger partial charge in [-0.1, -0.05) is 18.2 Å². The molecule has 2 N–H and O–H groups in total. The molecule has 0 radical (unpaired) electrons. The second-order valence-electron chi connectivity index (χ2n) is 10.1. The summed E-state index contributed by atoms with van der Waals surface area (Å²) in [5, 5.41) is 18.3. The highest BCUT2D eigenvalue weighted by molar-refractivity contribution is 7.16. The largest absolute Gasteiger partial charge is 0.376 e. The van der Waals surface area contributed by atoms with E-state index in [1.807, 2.05) is 39.8 Å². The van der Waals surface area contributed by atoms with E-state index >= 15 is 0 Å². The molecule has 2 heterocycles. The van der Waals surface area contributed by atoms with Gasteiger partial charge in [-0.3, -0.25) is 4.79 Å². The highest BCUT2D eigenvalue weighted by atomic mass is 32.1. The minimum atomic E-state index is -0.576. The second-order valence-corrected chi connectivity index (χ2v) is 11.2. The normalized spacial score (nSPS) is 14.8. The molecule has 0 spiro atoms. The van der Waals surface area contributed by atoms with Crippen LogP contribution in [0.25, 0.3) is 27.3 Å². The monoisotopic (exact) mass is 502 g/mol. The van der Waals surface area contributed by atoms with Gasteiger partial charge >= 0.3 is 0 Å². The number of thiophene rings is 1. The molecule has 1 aromatic heterocycles. The Bertz CT molecular complexity index is 1300. The fraction of sp³-hybridized carbons (Fsp3) is 0.379. The summed E-state index contributed by atoms with van der Waals surface area (Å²) in [4.78, 5) is 17.1. The van der Waals surface area contributed by atoms with Gasteiger partial charge in [-0.25, -0.2) is 0 Å². The quantitative estimate of drug-likeness (QED) is 0.327. The Morgan fingerprint density at radius 2 is 1.89 bits per heavy atom. The second kappa shape index (κ2) is 11.3. The predicted molar refractivity (Wildman–Crippen MR) is 149 cm³/mol. The molecule has 0 aliphatic carbocycles. The van der Waals surface area contributed by atoms with Gasteiger partial charge in [0.25, 0.3) is 5.91 Å². The molecule has 1 aliphatic rings. The molecule has 1 amide bonds. The van der Waals surface area contributed by atoms with Crippen molar-refractivity contribution in [3.05, 3.63) is 59.0 Å². The summed E-state index contributed by atoms with van der Waals surface area (Å²) in [7, 11) is 0. The van der Waals surface area contributed by atoms with E-state index in [-0.39, 0.29) is 11.7 Å². The average molecular weight is 503 g/mol. The van der Waals surface area contributed by atoms with E-state index in [4.69, 9.17) is 4.74 Å². The van der Waals surface area contributed by atoms with Crippen LogP contribution in [0, 0.1) is 11.3 Å². The van der Waals surface area contributed by atoms with E-state index in [1.165, 1.54) is 16.5 Å². The summed E-state index contributed by atoms with van der Waals surface area (Å²) in [6.07, 6.45) is 1.73. The first-order valence-corrected chi connectivity index (χ1v) is 13.2. The van der Waals surface area contributed by atoms with Crippen molar-refractivity contribution in [2.45, 2.75) is 39.3 Å². The first-order chi connectivity index (χ1) is 17.2. The van der Waals surface area contributed by atoms with Gasteiger partial charge in [0.15, 0.2) is 0 Å². The molecule has 7 heteroatoms. The number of piperazine rings is 1. The minimum Gasteiger partial charge on any atom is -0.376 e. The van der Waals surface area contributed by atoms with E-state index in [9.17, 15) is 10.1 Å². The Kier molecular flexibility index (Phi) is 8.10. The molecule has 0 unspecified atom stereocenters. The van der Waals surface area contributed by atoms with Crippen LogP contribution in [-0.2, 0) is 9.53 Å². The standard InChI is InChI=1S/C29H34N4O2S/c1-20(2)35-19-29(3,4)32-28(34)24(18-30)17-26-9-10-27(36-26)23-6-5-22-16-25(8-7-21(22)15-23)33-13-11-31-12-14-33/h5-10,15-17,20,31H,11-14,19H2,1-4H3,(H,32,34)/b24-17+. The van der Waals surface area contributed by atoms with Gasteiger partial charge in [0.1, 0.15) is 11.6 Å². The molecular weight excluding hydrogens is 468 g/mol. The Labute approximate surface area is 217 Å². The number of nitrogens with zero attached hydrogens (tertiary/aromatic N) is 2. The summed E-state index contributed by atoms with van der Waals surface area (Å²) in [5.74, 6) is -0.393. The molecule has 6 nitrogen and oxygen atoms in total. The predicted octanol–water partition coefficient (Wildman–Crippen LogP) is 5.20. The number of ether oxygens (including phenoxy) is 1. The molecule has 3 aromatic rings. The smallest absolute Gasteiger partial charge is 0.262 e. The lowest BCUT2D eigenvalue weighted by Gasteiger charge is -2.29. The van der Waals surface area contributed by atoms with Crippen LogP contribution in [0.2, 0.25) is 0 Å². The molecule has 0 bridgehead atoms. The number of nitrogens with one attached hydrogen (secondary N) is 2. The summed E-state index contributed by atoms with van der Waals surface area (Å²) < 4.78 is 5.64. The highest BCUT2D eigenvalue weighted by Crippen LogP contribution is 2.32. The summed E-state index contributed by atoms with van der Waals surface area (Å²) in [6, 6.07) is 19.2. The van der Waals surface area contributed by atoms with Crippen LogP contribution >= 0.6 is 11.3 Å². The lowest BCUT2D eigenvalue weighted by Crippen LogP contribution is -2.47. The van der Waals surface area contributed by atoms with Gasteiger partial charge in [0.05, 0.1) is 18.2 Å².